The number of aromatic nitrogens is 3. The number of carboxylic acids is 1. The van der Waals surface area contributed by atoms with E-state index in [0.717, 1.165) is 38.2 Å². The zero-order valence-corrected chi connectivity index (χ0v) is 20.3. The summed E-state index contributed by atoms with van der Waals surface area (Å²) >= 11 is 0. The lowest BCUT2D eigenvalue weighted by Gasteiger charge is -2.31. The number of allylic oxidation sites excluding steroid dienone is 5. The summed E-state index contributed by atoms with van der Waals surface area (Å²) in [5.74, 6) is -0.330. The summed E-state index contributed by atoms with van der Waals surface area (Å²) in [5.41, 5.74) is 2.60. The molecule has 1 aliphatic heterocycles. The molecule has 2 aromatic rings. The van der Waals surface area contributed by atoms with Gasteiger partial charge in [0.05, 0.1) is 16.9 Å². The lowest BCUT2D eigenvalue weighted by atomic mass is 10.1. The standard InChI is InChI=1S/C25H35N5O3/c1-7-8-9-11-17(2)19-16-20-27-18(3)21(22(24(31)32)33-25(4,5)6)23(30(20)28-19)29-14-10-12-26-13-15-29/h7-9,11,16,22,26H,2,10,12-15H2,1,3-6H3,(H,31,32)/b8-7-,11-9-. The predicted molar refractivity (Wildman–Crippen MR) is 132 cm³/mol. The van der Waals surface area contributed by atoms with Gasteiger partial charge in [-0.2, -0.15) is 9.61 Å². The van der Waals surface area contributed by atoms with Gasteiger partial charge < -0.3 is 20.1 Å². The fourth-order valence-electron chi connectivity index (χ4n) is 3.90. The number of anilines is 1. The van der Waals surface area contributed by atoms with E-state index in [1.54, 1.807) is 4.52 Å². The molecule has 3 rings (SSSR count). The monoisotopic (exact) mass is 453 g/mol. The second kappa shape index (κ2) is 10.3. The van der Waals surface area contributed by atoms with Crippen LogP contribution in [0, 0.1) is 6.92 Å². The van der Waals surface area contributed by atoms with Crippen molar-refractivity contribution in [3.8, 4) is 0 Å². The molecule has 2 aromatic heterocycles. The molecule has 1 fully saturated rings. The van der Waals surface area contributed by atoms with Crippen molar-refractivity contribution < 1.29 is 14.6 Å². The van der Waals surface area contributed by atoms with Gasteiger partial charge in [-0.1, -0.05) is 30.9 Å². The highest BCUT2D eigenvalue weighted by atomic mass is 16.5. The molecular formula is C25H35N5O3. The van der Waals surface area contributed by atoms with Crippen LogP contribution in [0.4, 0.5) is 5.82 Å². The van der Waals surface area contributed by atoms with Crippen molar-refractivity contribution in [1.29, 1.82) is 0 Å². The van der Waals surface area contributed by atoms with Crippen molar-refractivity contribution in [2.45, 2.75) is 52.7 Å². The Balaban J connectivity index is 2.23. The average molecular weight is 454 g/mol. The number of rotatable bonds is 7. The highest BCUT2D eigenvalue weighted by Gasteiger charge is 2.34. The van der Waals surface area contributed by atoms with E-state index in [1.807, 2.05) is 65.0 Å². The van der Waals surface area contributed by atoms with Crippen LogP contribution in [0.25, 0.3) is 11.2 Å². The van der Waals surface area contributed by atoms with E-state index in [2.05, 4.69) is 16.8 Å². The van der Waals surface area contributed by atoms with Gasteiger partial charge in [0.15, 0.2) is 11.8 Å². The molecule has 8 nitrogen and oxygen atoms in total. The largest absolute Gasteiger partial charge is 0.479 e. The predicted octanol–water partition coefficient (Wildman–Crippen LogP) is 3.92. The molecule has 3 heterocycles. The lowest BCUT2D eigenvalue weighted by molar-refractivity contribution is -0.160. The summed E-state index contributed by atoms with van der Waals surface area (Å²) in [5, 5.41) is 18.3. The first-order valence-electron chi connectivity index (χ1n) is 11.4. The lowest BCUT2D eigenvalue weighted by Crippen LogP contribution is -2.34. The number of fused-ring (bicyclic) bond motifs is 1. The van der Waals surface area contributed by atoms with E-state index < -0.39 is 17.7 Å². The maximum absolute atomic E-state index is 12.4. The fraction of sp³-hybridized carbons (Fsp3) is 0.480. The Labute approximate surface area is 195 Å². The number of hydrogen-bond donors (Lipinski definition) is 2. The Morgan fingerprint density at radius 3 is 2.73 bits per heavy atom. The third-order valence-electron chi connectivity index (χ3n) is 5.33. The molecule has 2 N–H and O–H groups in total. The van der Waals surface area contributed by atoms with Crippen molar-refractivity contribution in [2.24, 2.45) is 0 Å². The Hall–Kier alpha value is -2.97. The topological polar surface area (TPSA) is 92.0 Å². The molecule has 178 valence electrons. The SMILES string of the molecule is C=C(/C=C\C=C/C)c1cc2nc(C)c(C(OC(C)(C)C)C(=O)O)c(N3CCCNCC3)n2n1. The Morgan fingerprint density at radius 2 is 2.06 bits per heavy atom. The number of carboxylic acid groups (broad SMARTS) is 1. The highest BCUT2D eigenvalue weighted by Crippen LogP contribution is 2.35. The summed E-state index contributed by atoms with van der Waals surface area (Å²) in [6.45, 7) is 16.7. The first kappa shape index (κ1) is 24.7. The van der Waals surface area contributed by atoms with Gasteiger partial charge in [-0.15, -0.1) is 0 Å². The smallest absolute Gasteiger partial charge is 0.337 e. The molecule has 0 bridgehead atoms. The minimum atomic E-state index is -1.17. The number of ether oxygens (including phenoxy) is 1. The Kier molecular flexibility index (Phi) is 7.71. The number of nitrogens with zero attached hydrogens (tertiary/aromatic N) is 4. The van der Waals surface area contributed by atoms with E-state index in [0.29, 0.717) is 28.4 Å². The number of carbonyl (C=O) groups is 1. The number of aliphatic carboxylic acids is 1. The first-order chi connectivity index (χ1) is 15.6. The van der Waals surface area contributed by atoms with Crippen molar-refractivity contribution in [3.63, 3.8) is 0 Å². The molecule has 8 heteroatoms. The molecule has 33 heavy (non-hydrogen) atoms. The van der Waals surface area contributed by atoms with Gasteiger partial charge in [0.25, 0.3) is 0 Å². The minimum Gasteiger partial charge on any atom is -0.479 e. The molecule has 0 aromatic carbocycles. The normalized spacial score (nSPS) is 16.6. The van der Waals surface area contributed by atoms with E-state index in [4.69, 9.17) is 14.8 Å². The highest BCUT2D eigenvalue weighted by molar-refractivity contribution is 5.79. The second-order valence-electron chi connectivity index (χ2n) is 9.18. The van der Waals surface area contributed by atoms with Crippen molar-refractivity contribution >= 4 is 23.0 Å². The van der Waals surface area contributed by atoms with Gasteiger partial charge in [-0.3, -0.25) is 0 Å². The van der Waals surface area contributed by atoms with Crippen molar-refractivity contribution in [1.82, 2.24) is 19.9 Å². The quantitative estimate of drug-likeness (QED) is 0.614. The maximum atomic E-state index is 12.4. The molecule has 1 saturated heterocycles. The molecule has 0 aliphatic carbocycles. The van der Waals surface area contributed by atoms with E-state index in [-0.39, 0.29) is 0 Å². The zero-order chi connectivity index (χ0) is 24.2. The molecule has 0 spiro atoms. The molecule has 1 atom stereocenters. The Morgan fingerprint density at radius 1 is 1.30 bits per heavy atom. The minimum absolute atomic E-state index is 0.538. The third kappa shape index (κ3) is 5.89. The molecule has 0 amide bonds. The number of aryl methyl sites for hydroxylation is 1. The maximum Gasteiger partial charge on any atom is 0.337 e. The van der Waals surface area contributed by atoms with Crippen LogP contribution in [0.2, 0.25) is 0 Å². The van der Waals surface area contributed by atoms with Crippen LogP contribution in [-0.2, 0) is 9.53 Å². The van der Waals surface area contributed by atoms with Crippen LogP contribution >= 0.6 is 0 Å². The summed E-state index contributed by atoms with van der Waals surface area (Å²) < 4.78 is 7.79. The fourth-order valence-corrected chi connectivity index (χ4v) is 3.90. The van der Waals surface area contributed by atoms with Crippen LogP contribution in [0.3, 0.4) is 0 Å². The van der Waals surface area contributed by atoms with Crippen molar-refractivity contribution in [2.75, 3.05) is 31.1 Å². The first-order valence-corrected chi connectivity index (χ1v) is 11.4. The van der Waals surface area contributed by atoms with Crippen molar-refractivity contribution in [3.05, 3.63) is 53.9 Å². The van der Waals surface area contributed by atoms with Gasteiger partial charge in [0.1, 0.15) is 5.82 Å². The van der Waals surface area contributed by atoms with E-state index in [1.165, 1.54) is 0 Å². The second-order valence-corrected chi connectivity index (χ2v) is 9.18. The molecular weight excluding hydrogens is 418 g/mol. The third-order valence-corrected chi connectivity index (χ3v) is 5.33. The van der Waals surface area contributed by atoms with Crippen LogP contribution in [-0.4, -0.2) is 57.5 Å². The number of hydrogen-bond acceptors (Lipinski definition) is 6. The Bertz CT molecular complexity index is 1070. The van der Waals surface area contributed by atoms with Gasteiger partial charge in [-0.05, 0) is 53.2 Å². The number of nitrogens with one attached hydrogen (secondary N) is 1. The molecule has 0 saturated carbocycles. The van der Waals surface area contributed by atoms with Gasteiger partial charge in [0.2, 0.25) is 0 Å². The van der Waals surface area contributed by atoms with Gasteiger partial charge in [0, 0.05) is 31.4 Å². The average Bonchev–Trinajstić information content (AvgIpc) is 2.96. The molecule has 1 unspecified atom stereocenters. The summed E-state index contributed by atoms with van der Waals surface area (Å²) in [6, 6.07) is 1.89. The molecule has 1 aliphatic rings. The van der Waals surface area contributed by atoms with Crippen LogP contribution in [0.15, 0.2) is 36.9 Å². The van der Waals surface area contributed by atoms with Crippen LogP contribution < -0.4 is 10.2 Å². The van der Waals surface area contributed by atoms with Crippen LogP contribution in [0.1, 0.15) is 57.2 Å². The summed E-state index contributed by atoms with van der Waals surface area (Å²) in [6.07, 6.45) is 7.45. The summed E-state index contributed by atoms with van der Waals surface area (Å²) in [7, 11) is 0. The van der Waals surface area contributed by atoms with E-state index in [9.17, 15) is 9.90 Å². The van der Waals surface area contributed by atoms with Crippen LogP contribution in [0.5, 0.6) is 0 Å². The van der Waals surface area contributed by atoms with Gasteiger partial charge >= 0.3 is 5.97 Å². The van der Waals surface area contributed by atoms with E-state index >= 15 is 0 Å². The van der Waals surface area contributed by atoms with Gasteiger partial charge in [-0.25, -0.2) is 9.78 Å². The molecule has 0 radical (unpaired) electrons. The zero-order valence-electron chi connectivity index (χ0n) is 20.3. The summed E-state index contributed by atoms with van der Waals surface area (Å²) in [4.78, 5) is 19.3.